The van der Waals surface area contributed by atoms with Gasteiger partial charge in [-0.2, -0.15) is 0 Å². The maximum atomic E-state index is 12.5. The van der Waals surface area contributed by atoms with Crippen molar-refractivity contribution in [2.45, 2.75) is 39.2 Å². The molecular weight excluding hydrogens is 282 g/mol. The van der Waals surface area contributed by atoms with Crippen LogP contribution in [0.1, 0.15) is 53.0 Å². The number of rotatable bonds is 5. The Morgan fingerprint density at radius 2 is 2.05 bits per heavy atom. The van der Waals surface area contributed by atoms with Crippen molar-refractivity contribution in [3.8, 4) is 0 Å². The van der Waals surface area contributed by atoms with Crippen LogP contribution in [0, 0.1) is 5.92 Å². The van der Waals surface area contributed by atoms with Crippen LogP contribution in [0.25, 0.3) is 0 Å². The van der Waals surface area contributed by atoms with E-state index >= 15 is 0 Å². The fourth-order valence-electron chi connectivity index (χ4n) is 2.72. The Balaban J connectivity index is 2.25. The number of Topliss-reactive ketones (excluding diaryl/α,β-unsaturated/α-hetero) is 1. The Morgan fingerprint density at radius 3 is 2.68 bits per heavy atom. The van der Waals surface area contributed by atoms with Crippen LogP contribution in [0.3, 0.4) is 0 Å². The first-order valence-corrected chi connectivity index (χ1v) is 7.53. The number of fused-ring (bicyclic) bond motifs is 1. The molecule has 2 atom stereocenters. The molecule has 0 heterocycles. The number of benzene rings is 1. The van der Waals surface area contributed by atoms with E-state index < -0.39 is 12.0 Å². The fraction of sp³-hybridized carbons (Fsp3) is 0.471. The summed E-state index contributed by atoms with van der Waals surface area (Å²) in [4.78, 5) is 36.2. The molecular formula is C17H21NO4. The Kier molecular flexibility index (Phi) is 4.96. The molecule has 0 aromatic heterocycles. The number of hydrogen-bond acceptors (Lipinski definition) is 4. The molecule has 0 radical (unpaired) electrons. The predicted octanol–water partition coefficient (Wildman–Crippen LogP) is 2.13. The predicted molar refractivity (Wildman–Crippen MR) is 81.8 cm³/mol. The zero-order valence-corrected chi connectivity index (χ0v) is 13.1. The van der Waals surface area contributed by atoms with Gasteiger partial charge < -0.3 is 10.1 Å². The summed E-state index contributed by atoms with van der Waals surface area (Å²) >= 11 is 0. The van der Waals surface area contributed by atoms with Gasteiger partial charge in [-0.05, 0) is 24.0 Å². The lowest BCUT2D eigenvalue weighted by molar-refractivity contribution is -0.144. The van der Waals surface area contributed by atoms with Crippen LogP contribution in [0.5, 0.6) is 0 Å². The van der Waals surface area contributed by atoms with Crippen LogP contribution in [-0.2, 0) is 16.0 Å². The Hall–Kier alpha value is -2.17. The third-order valence-corrected chi connectivity index (χ3v) is 4.28. The molecule has 0 aliphatic heterocycles. The van der Waals surface area contributed by atoms with Gasteiger partial charge in [-0.15, -0.1) is 0 Å². The fourth-order valence-corrected chi connectivity index (χ4v) is 2.72. The first-order chi connectivity index (χ1) is 10.5. The molecule has 5 nitrogen and oxygen atoms in total. The van der Waals surface area contributed by atoms with E-state index in [9.17, 15) is 14.4 Å². The Labute approximate surface area is 130 Å². The monoisotopic (exact) mass is 303 g/mol. The minimum Gasteiger partial charge on any atom is -0.467 e. The topological polar surface area (TPSA) is 72.5 Å². The lowest BCUT2D eigenvalue weighted by atomic mass is 9.97. The van der Waals surface area contributed by atoms with Crippen LogP contribution in [0.2, 0.25) is 0 Å². The average Bonchev–Trinajstić information content (AvgIpc) is 2.92. The summed E-state index contributed by atoms with van der Waals surface area (Å²) in [5.41, 5.74) is 1.86. The van der Waals surface area contributed by atoms with Crippen molar-refractivity contribution in [3.05, 3.63) is 34.9 Å². The summed E-state index contributed by atoms with van der Waals surface area (Å²) in [5, 5.41) is 2.75. The molecule has 1 amide bonds. The van der Waals surface area contributed by atoms with Crippen LogP contribution >= 0.6 is 0 Å². The largest absolute Gasteiger partial charge is 0.467 e. The number of esters is 1. The van der Waals surface area contributed by atoms with Gasteiger partial charge in [0.2, 0.25) is 0 Å². The summed E-state index contributed by atoms with van der Waals surface area (Å²) in [7, 11) is 1.31. The number of ketones is 1. The van der Waals surface area contributed by atoms with E-state index in [1.807, 2.05) is 13.8 Å². The Morgan fingerprint density at radius 1 is 1.32 bits per heavy atom. The molecule has 0 fully saturated rings. The van der Waals surface area contributed by atoms with E-state index in [1.165, 1.54) is 7.11 Å². The summed E-state index contributed by atoms with van der Waals surface area (Å²) in [6.07, 6.45) is 1.75. The summed E-state index contributed by atoms with van der Waals surface area (Å²) in [6.45, 7) is 3.84. The molecule has 0 bridgehead atoms. The molecule has 1 aromatic rings. The maximum Gasteiger partial charge on any atom is 0.328 e. The molecule has 0 saturated heterocycles. The number of methoxy groups -OCH3 is 1. The number of carbonyl (C=O) groups is 3. The highest BCUT2D eigenvalue weighted by Gasteiger charge is 2.29. The second-order valence-electron chi connectivity index (χ2n) is 5.61. The van der Waals surface area contributed by atoms with Gasteiger partial charge in [0, 0.05) is 17.5 Å². The smallest absolute Gasteiger partial charge is 0.328 e. The average molecular weight is 303 g/mol. The van der Waals surface area contributed by atoms with Gasteiger partial charge in [0.05, 0.1) is 7.11 Å². The summed E-state index contributed by atoms with van der Waals surface area (Å²) in [5.74, 6) is -0.750. The number of carbonyl (C=O) groups excluding carboxylic acids is 3. The van der Waals surface area contributed by atoms with E-state index in [4.69, 9.17) is 4.74 Å². The molecule has 0 spiro atoms. The number of amides is 1. The third kappa shape index (κ3) is 3.03. The van der Waals surface area contributed by atoms with Gasteiger partial charge in [0.15, 0.2) is 5.78 Å². The Bertz CT molecular complexity index is 609. The molecule has 2 rings (SSSR count). The number of ether oxygens (including phenoxy) is 1. The van der Waals surface area contributed by atoms with Crippen molar-refractivity contribution in [3.63, 3.8) is 0 Å². The zero-order valence-electron chi connectivity index (χ0n) is 13.1. The highest BCUT2D eigenvalue weighted by atomic mass is 16.5. The van der Waals surface area contributed by atoms with Crippen LogP contribution in [-0.4, -0.2) is 30.8 Å². The molecule has 1 aliphatic carbocycles. The molecule has 5 heteroatoms. The SMILES string of the molecule is CC[C@@H](C)[C@@H](NC(=O)c1cccc2c1CCC2=O)C(=O)OC. The molecule has 22 heavy (non-hydrogen) atoms. The first-order valence-electron chi connectivity index (χ1n) is 7.53. The van der Waals surface area contributed by atoms with E-state index in [0.717, 1.165) is 12.0 Å². The maximum absolute atomic E-state index is 12.5. The first kappa shape index (κ1) is 16.2. The van der Waals surface area contributed by atoms with Gasteiger partial charge in [-0.3, -0.25) is 9.59 Å². The second kappa shape index (κ2) is 6.73. The van der Waals surface area contributed by atoms with Crippen molar-refractivity contribution < 1.29 is 19.1 Å². The lowest BCUT2D eigenvalue weighted by Crippen LogP contribution is -2.45. The van der Waals surface area contributed by atoms with Gasteiger partial charge in [0.1, 0.15) is 6.04 Å². The van der Waals surface area contributed by atoms with Gasteiger partial charge in [-0.25, -0.2) is 4.79 Å². The highest BCUT2D eigenvalue weighted by molar-refractivity contribution is 6.06. The summed E-state index contributed by atoms with van der Waals surface area (Å²) < 4.78 is 4.77. The number of nitrogens with one attached hydrogen (secondary N) is 1. The highest BCUT2D eigenvalue weighted by Crippen LogP contribution is 2.25. The molecule has 1 aromatic carbocycles. The molecule has 1 N–H and O–H groups in total. The minimum atomic E-state index is -0.685. The zero-order chi connectivity index (χ0) is 16.3. The molecule has 118 valence electrons. The van der Waals surface area contributed by atoms with Crippen molar-refractivity contribution >= 4 is 17.7 Å². The van der Waals surface area contributed by atoms with E-state index in [-0.39, 0.29) is 17.6 Å². The quantitative estimate of drug-likeness (QED) is 0.846. The van der Waals surface area contributed by atoms with Gasteiger partial charge in [-0.1, -0.05) is 32.4 Å². The minimum absolute atomic E-state index is 0.0326. The van der Waals surface area contributed by atoms with Crippen LogP contribution in [0.4, 0.5) is 0 Å². The van der Waals surface area contributed by atoms with E-state index in [2.05, 4.69) is 5.32 Å². The molecule has 0 saturated carbocycles. The standard InChI is InChI=1S/C17H21NO4/c1-4-10(2)15(17(21)22-3)18-16(20)13-7-5-6-12-11(13)8-9-14(12)19/h5-7,10,15H,4,8-9H2,1-3H3,(H,18,20)/t10-,15-/m1/s1. The lowest BCUT2D eigenvalue weighted by Gasteiger charge is -2.22. The molecule has 0 unspecified atom stereocenters. The van der Waals surface area contributed by atoms with Gasteiger partial charge in [0.25, 0.3) is 5.91 Å². The van der Waals surface area contributed by atoms with Crippen LogP contribution < -0.4 is 5.32 Å². The molecule has 1 aliphatic rings. The third-order valence-electron chi connectivity index (χ3n) is 4.28. The van der Waals surface area contributed by atoms with E-state index in [0.29, 0.717) is 24.0 Å². The summed E-state index contributed by atoms with van der Waals surface area (Å²) in [6, 6.07) is 4.45. The van der Waals surface area contributed by atoms with Gasteiger partial charge >= 0.3 is 5.97 Å². The van der Waals surface area contributed by atoms with Crippen molar-refractivity contribution in [1.29, 1.82) is 0 Å². The van der Waals surface area contributed by atoms with E-state index in [1.54, 1.807) is 18.2 Å². The normalized spacial score (nSPS) is 15.9. The second-order valence-corrected chi connectivity index (χ2v) is 5.61. The van der Waals surface area contributed by atoms with Crippen LogP contribution in [0.15, 0.2) is 18.2 Å². The van der Waals surface area contributed by atoms with Crippen molar-refractivity contribution in [1.82, 2.24) is 5.32 Å². The van der Waals surface area contributed by atoms with Crippen molar-refractivity contribution in [2.24, 2.45) is 5.92 Å². The van der Waals surface area contributed by atoms with Crippen molar-refractivity contribution in [2.75, 3.05) is 7.11 Å². The number of hydrogen-bond donors (Lipinski definition) is 1.